The number of nitrogens with one attached hydrogen (secondary N) is 1. The second-order valence-corrected chi connectivity index (χ2v) is 3.34. The van der Waals surface area contributed by atoms with Gasteiger partial charge in [0.2, 0.25) is 0 Å². The summed E-state index contributed by atoms with van der Waals surface area (Å²) in [6, 6.07) is 0. The summed E-state index contributed by atoms with van der Waals surface area (Å²) in [5, 5.41) is 3.07. The first kappa shape index (κ1) is 20.9. The van der Waals surface area contributed by atoms with Gasteiger partial charge in [-0.1, -0.05) is 20.3 Å². The maximum atomic E-state index is 9.51. The predicted octanol–water partition coefficient (Wildman–Crippen LogP) is 1.29. The van der Waals surface area contributed by atoms with E-state index in [-0.39, 0.29) is 0 Å². The molecule has 0 bridgehead atoms. The summed E-state index contributed by atoms with van der Waals surface area (Å²) in [6.07, 6.45) is 6.00. The first-order valence-corrected chi connectivity index (χ1v) is 6.23. The Kier molecular flexibility index (Phi) is 38.3. The molecule has 0 radical (unpaired) electrons. The van der Waals surface area contributed by atoms with Crippen LogP contribution >= 0.6 is 0 Å². The SMILES string of the molecule is CCCCNC.CCCN.NCCCC=O. The van der Waals surface area contributed by atoms with Crippen LogP contribution in [0.15, 0.2) is 0 Å². The van der Waals surface area contributed by atoms with Gasteiger partial charge in [0.15, 0.2) is 0 Å². The number of nitrogens with two attached hydrogens (primary N) is 2. The molecule has 0 atom stereocenters. The second-order valence-electron chi connectivity index (χ2n) is 3.34. The van der Waals surface area contributed by atoms with Crippen molar-refractivity contribution in [1.82, 2.24) is 5.32 Å². The van der Waals surface area contributed by atoms with Gasteiger partial charge >= 0.3 is 0 Å². The summed E-state index contributed by atoms with van der Waals surface area (Å²) in [4.78, 5) is 9.51. The van der Waals surface area contributed by atoms with Crippen LogP contribution in [0.4, 0.5) is 0 Å². The van der Waals surface area contributed by atoms with Crippen molar-refractivity contribution in [3.63, 3.8) is 0 Å². The molecule has 0 saturated carbocycles. The summed E-state index contributed by atoms with van der Waals surface area (Å²) in [5.41, 5.74) is 10.1. The summed E-state index contributed by atoms with van der Waals surface area (Å²) in [5.74, 6) is 0. The molecule has 100 valence electrons. The van der Waals surface area contributed by atoms with E-state index in [4.69, 9.17) is 11.5 Å². The summed E-state index contributed by atoms with van der Waals surface area (Å²) in [6.45, 7) is 6.85. The van der Waals surface area contributed by atoms with Crippen LogP contribution in [0.3, 0.4) is 0 Å². The van der Waals surface area contributed by atoms with Gasteiger partial charge in [0.1, 0.15) is 6.29 Å². The highest BCUT2D eigenvalue weighted by Gasteiger charge is 1.75. The van der Waals surface area contributed by atoms with E-state index in [0.717, 1.165) is 32.2 Å². The Morgan fingerprint density at radius 1 is 1.06 bits per heavy atom. The third kappa shape index (κ3) is 49.7. The standard InChI is InChI=1S/C5H13N.C4H9NO.C3H9N/c1-3-4-5-6-2;5-3-1-2-4-6;1-2-3-4/h6H,3-5H2,1-2H3;4H,1-3,5H2;2-4H2,1H3. The van der Waals surface area contributed by atoms with Crippen LogP contribution in [0.1, 0.15) is 46.0 Å². The van der Waals surface area contributed by atoms with Crippen molar-refractivity contribution in [3.05, 3.63) is 0 Å². The molecule has 0 aliphatic carbocycles. The van der Waals surface area contributed by atoms with Gasteiger partial charge in [-0.05, 0) is 45.9 Å². The van der Waals surface area contributed by atoms with E-state index in [1.165, 1.54) is 12.8 Å². The molecule has 0 rings (SSSR count). The molecule has 0 aromatic heterocycles. The van der Waals surface area contributed by atoms with Crippen LogP contribution in [0.2, 0.25) is 0 Å². The average molecular weight is 233 g/mol. The molecule has 0 amide bonds. The van der Waals surface area contributed by atoms with Crippen LogP contribution in [0, 0.1) is 0 Å². The lowest BCUT2D eigenvalue weighted by molar-refractivity contribution is -0.107. The van der Waals surface area contributed by atoms with Crippen LogP contribution < -0.4 is 16.8 Å². The molecule has 5 N–H and O–H groups in total. The zero-order valence-corrected chi connectivity index (χ0v) is 11.3. The lowest BCUT2D eigenvalue weighted by atomic mass is 10.3. The number of hydrogen-bond donors (Lipinski definition) is 3. The lowest BCUT2D eigenvalue weighted by Gasteiger charge is -1.89. The lowest BCUT2D eigenvalue weighted by Crippen LogP contribution is -2.06. The third-order valence-electron chi connectivity index (χ3n) is 1.60. The Morgan fingerprint density at radius 3 is 1.75 bits per heavy atom. The van der Waals surface area contributed by atoms with E-state index < -0.39 is 0 Å². The van der Waals surface area contributed by atoms with E-state index in [2.05, 4.69) is 19.2 Å². The number of carbonyl (C=O) groups is 1. The highest BCUT2D eigenvalue weighted by Crippen LogP contribution is 1.79. The maximum absolute atomic E-state index is 9.51. The van der Waals surface area contributed by atoms with Gasteiger partial charge in [-0.3, -0.25) is 0 Å². The van der Waals surface area contributed by atoms with E-state index >= 15 is 0 Å². The van der Waals surface area contributed by atoms with Crippen molar-refractivity contribution in [2.75, 3.05) is 26.7 Å². The van der Waals surface area contributed by atoms with E-state index in [1.54, 1.807) is 0 Å². The number of unbranched alkanes of at least 4 members (excludes halogenated alkanes) is 2. The molecule has 0 unspecified atom stereocenters. The number of rotatable bonds is 7. The van der Waals surface area contributed by atoms with Crippen molar-refractivity contribution in [2.24, 2.45) is 11.5 Å². The molecule has 0 aromatic rings. The monoisotopic (exact) mass is 233 g/mol. The molecule has 0 heterocycles. The Morgan fingerprint density at radius 2 is 1.62 bits per heavy atom. The second kappa shape index (κ2) is 29.3. The van der Waals surface area contributed by atoms with Gasteiger partial charge in [-0.2, -0.15) is 0 Å². The third-order valence-corrected chi connectivity index (χ3v) is 1.60. The van der Waals surface area contributed by atoms with Crippen LogP contribution in [0.5, 0.6) is 0 Å². The first-order chi connectivity index (χ1) is 7.74. The zero-order valence-electron chi connectivity index (χ0n) is 11.3. The van der Waals surface area contributed by atoms with Crippen molar-refractivity contribution < 1.29 is 4.79 Å². The molecule has 4 nitrogen and oxygen atoms in total. The summed E-state index contributed by atoms with van der Waals surface area (Å²) < 4.78 is 0. The summed E-state index contributed by atoms with van der Waals surface area (Å²) in [7, 11) is 1.98. The molecule has 0 fully saturated rings. The van der Waals surface area contributed by atoms with Gasteiger partial charge in [-0.15, -0.1) is 0 Å². The Labute approximate surface area is 101 Å². The van der Waals surface area contributed by atoms with E-state index in [9.17, 15) is 4.79 Å². The quantitative estimate of drug-likeness (QED) is 0.457. The zero-order chi connectivity index (χ0) is 13.1. The van der Waals surface area contributed by atoms with E-state index in [1.807, 2.05) is 7.05 Å². The van der Waals surface area contributed by atoms with Gasteiger partial charge in [-0.25, -0.2) is 0 Å². The van der Waals surface area contributed by atoms with Gasteiger partial charge < -0.3 is 21.6 Å². The Hall–Kier alpha value is -0.450. The minimum Gasteiger partial charge on any atom is -0.330 e. The largest absolute Gasteiger partial charge is 0.330 e. The number of hydrogen-bond acceptors (Lipinski definition) is 4. The molecule has 0 saturated heterocycles. The minimum atomic E-state index is 0.608. The number of carbonyl (C=O) groups excluding carboxylic acids is 1. The molecular weight excluding hydrogens is 202 g/mol. The number of aldehydes is 1. The summed E-state index contributed by atoms with van der Waals surface area (Å²) >= 11 is 0. The van der Waals surface area contributed by atoms with Crippen molar-refractivity contribution in [1.29, 1.82) is 0 Å². The van der Waals surface area contributed by atoms with Crippen molar-refractivity contribution in [3.8, 4) is 0 Å². The highest BCUT2D eigenvalue weighted by molar-refractivity contribution is 5.48. The van der Waals surface area contributed by atoms with Gasteiger partial charge in [0.05, 0.1) is 0 Å². The fourth-order valence-corrected chi connectivity index (χ4v) is 0.555. The predicted molar refractivity (Wildman–Crippen MR) is 72.5 cm³/mol. The fourth-order valence-electron chi connectivity index (χ4n) is 0.555. The Bertz CT molecular complexity index is 94.3. The van der Waals surface area contributed by atoms with Crippen molar-refractivity contribution >= 4 is 6.29 Å². The molecule has 0 spiro atoms. The molecule has 4 heteroatoms. The molecule has 0 aliphatic rings. The minimum absolute atomic E-state index is 0.608. The van der Waals surface area contributed by atoms with Gasteiger partial charge in [0.25, 0.3) is 0 Å². The topological polar surface area (TPSA) is 81.1 Å². The van der Waals surface area contributed by atoms with Crippen LogP contribution in [-0.4, -0.2) is 33.0 Å². The van der Waals surface area contributed by atoms with E-state index in [0.29, 0.717) is 13.0 Å². The van der Waals surface area contributed by atoms with Crippen molar-refractivity contribution in [2.45, 2.75) is 46.0 Å². The fraction of sp³-hybridized carbons (Fsp3) is 0.917. The van der Waals surface area contributed by atoms with Gasteiger partial charge in [0, 0.05) is 6.42 Å². The molecule has 0 aromatic carbocycles. The van der Waals surface area contributed by atoms with Crippen LogP contribution in [-0.2, 0) is 4.79 Å². The normalized spacial score (nSPS) is 8.31. The van der Waals surface area contributed by atoms with Crippen LogP contribution in [0.25, 0.3) is 0 Å². The molecular formula is C12H31N3O. The Balaban J connectivity index is -0.000000162. The molecule has 16 heavy (non-hydrogen) atoms. The maximum Gasteiger partial charge on any atom is 0.120 e. The highest BCUT2D eigenvalue weighted by atomic mass is 16.1. The average Bonchev–Trinajstić information content (AvgIpc) is 2.34. The first-order valence-electron chi connectivity index (χ1n) is 6.23. The molecule has 0 aliphatic heterocycles. The smallest absolute Gasteiger partial charge is 0.120 e.